The molecule has 3 heteroatoms. The van der Waals surface area contributed by atoms with E-state index in [0.29, 0.717) is 5.92 Å². The van der Waals surface area contributed by atoms with E-state index in [0.717, 1.165) is 25.7 Å². The number of ether oxygens (including phenoxy) is 2. The van der Waals surface area contributed by atoms with Gasteiger partial charge in [0.05, 0.1) is 13.2 Å². The molecule has 3 atom stereocenters. The number of fused-ring (bicyclic) bond motifs is 2. The molecule has 0 radical (unpaired) electrons. The highest BCUT2D eigenvalue weighted by molar-refractivity contribution is 5.80. The molecule has 2 aliphatic heterocycles. The van der Waals surface area contributed by atoms with Crippen LogP contribution in [-0.2, 0) is 14.3 Å². The zero-order valence-electron chi connectivity index (χ0n) is 10.6. The second-order valence-corrected chi connectivity index (χ2v) is 5.31. The van der Waals surface area contributed by atoms with Crippen molar-refractivity contribution in [3.05, 3.63) is 35.9 Å². The maximum absolute atomic E-state index is 12.0. The van der Waals surface area contributed by atoms with Gasteiger partial charge in [0.1, 0.15) is 0 Å². The molecule has 2 aliphatic rings. The Labute approximate surface area is 107 Å². The molecular formula is C15H18O3. The summed E-state index contributed by atoms with van der Waals surface area (Å²) in [5.74, 6) is 0.206. The molecule has 2 bridgehead atoms. The largest absolute Gasteiger partial charge is 0.467 e. The van der Waals surface area contributed by atoms with Crippen molar-refractivity contribution in [2.75, 3.05) is 7.11 Å². The molecule has 0 N–H and O–H groups in total. The third-order valence-corrected chi connectivity index (χ3v) is 4.21. The van der Waals surface area contributed by atoms with Gasteiger partial charge in [-0.25, -0.2) is 4.79 Å². The van der Waals surface area contributed by atoms with Gasteiger partial charge in [-0.1, -0.05) is 30.3 Å². The number of hydrogen-bond donors (Lipinski definition) is 0. The minimum absolute atomic E-state index is 0.203. The van der Waals surface area contributed by atoms with Crippen molar-refractivity contribution in [2.45, 2.75) is 43.3 Å². The van der Waals surface area contributed by atoms with Gasteiger partial charge in [-0.3, -0.25) is 0 Å². The molecule has 0 aromatic heterocycles. The Hall–Kier alpha value is -1.35. The first-order chi connectivity index (χ1) is 8.73. The van der Waals surface area contributed by atoms with Crippen molar-refractivity contribution in [2.24, 2.45) is 0 Å². The number of carbonyl (C=O) groups is 1. The lowest BCUT2D eigenvalue weighted by molar-refractivity contribution is -0.175. The molecule has 1 aromatic rings. The molecule has 3 nitrogen and oxygen atoms in total. The first kappa shape index (κ1) is 11.7. The van der Waals surface area contributed by atoms with Gasteiger partial charge in [0.25, 0.3) is 0 Å². The van der Waals surface area contributed by atoms with Crippen LogP contribution < -0.4 is 0 Å². The van der Waals surface area contributed by atoms with E-state index in [9.17, 15) is 4.79 Å². The van der Waals surface area contributed by atoms with Crippen molar-refractivity contribution >= 4 is 5.97 Å². The summed E-state index contributed by atoms with van der Waals surface area (Å²) in [4.78, 5) is 12.0. The van der Waals surface area contributed by atoms with Gasteiger partial charge in [0.15, 0.2) is 5.60 Å². The lowest BCUT2D eigenvalue weighted by atomic mass is 9.82. The Morgan fingerprint density at radius 2 is 2.17 bits per heavy atom. The first-order valence-electron chi connectivity index (χ1n) is 6.55. The molecular weight excluding hydrogens is 228 g/mol. The van der Waals surface area contributed by atoms with E-state index < -0.39 is 5.60 Å². The molecule has 0 spiro atoms. The van der Waals surface area contributed by atoms with Crippen LogP contribution in [0.4, 0.5) is 0 Å². The number of benzene rings is 1. The summed E-state index contributed by atoms with van der Waals surface area (Å²) in [7, 11) is 1.44. The molecule has 3 rings (SSSR count). The lowest BCUT2D eigenvalue weighted by Gasteiger charge is -2.36. The lowest BCUT2D eigenvalue weighted by Crippen LogP contribution is -2.44. The molecule has 2 fully saturated rings. The van der Waals surface area contributed by atoms with Gasteiger partial charge in [-0.05, 0) is 37.2 Å². The molecule has 2 saturated heterocycles. The van der Waals surface area contributed by atoms with Crippen LogP contribution in [0, 0.1) is 0 Å². The summed E-state index contributed by atoms with van der Waals surface area (Å²) in [6, 6.07) is 10.4. The number of rotatable bonds is 2. The summed E-state index contributed by atoms with van der Waals surface area (Å²) in [5.41, 5.74) is 0.624. The topological polar surface area (TPSA) is 35.5 Å². The number of esters is 1. The quantitative estimate of drug-likeness (QED) is 0.753. The van der Waals surface area contributed by atoms with Crippen LogP contribution in [0.5, 0.6) is 0 Å². The van der Waals surface area contributed by atoms with Crippen LogP contribution >= 0.6 is 0 Å². The third kappa shape index (κ3) is 1.83. The predicted molar refractivity (Wildman–Crippen MR) is 67.3 cm³/mol. The average molecular weight is 246 g/mol. The minimum atomic E-state index is -0.682. The molecule has 0 aliphatic carbocycles. The fourth-order valence-corrected chi connectivity index (χ4v) is 3.34. The van der Waals surface area contributed by atoms with Crippen LogP contribution in [0.15, 0.2) is 30.3 Å². The van der Waals surface area contributed by atoms with Gasteiger partial charge in [-0.2, -0.15) is 0 Å². The Bertz CT molecular complexity index is 442. The normalized spacial score (nSPS) is 34.3. The first-order valence-corrected chi connectivity index (χ1v) is 6.55. The van der Waals surface area contributed by atoms with Crippen LogP contribution in [-0.4, -0.2) is 24.8 Å². The maximum atomic E-state index is 12.0. The molecule has 2 unspecified atom stereocenters. The smallest absolute Gasteiger partial charge is 0.338 e. The van der Waals surface area contributed by atoms with Gasteiger partial charge in [-0.15, -0.1) is 0 Å². The van der Waals surface area contributed by atoms with Crippen LogP contribution in [0.25, 0.3) is 0 Å². The number of carbonyl (C=O) groups excluding carboxylic acids is 1. The summed E-state index contributed by atoms with van der Waals surface area (Å²) in [6.45, 7) is 0. The second-order valence-electron chi connectivity index (χ2n) is 5.31. The Morgan fingerprint density at radius 3 is 2.89 bits per heavy atom. The van der Waals surface area contributed by atoms with Gasteiger partial charge in [0.2, 0.25) is 0 Å². The van der Waals surface area contributed by atoms with Gasteiger partial charge < -0.3 is 9.47 Å². The molecule has 0 saturated carbocycles. The molecule has 2 heterocycles. The Balaban J connectivity index is 1.87. The minimum Gasteiger partial charge on any atom is -0.467 e. The SMILES string of the molecule is COC(=O)C12CCC(C[C@H](c3ccccc3)C1)O2. The van der Waals surface area contributed by atoms with Crippen molar-refractivity contribution < 1.29 is 14.3 Å². The second kappa shape index (κ2) is 4.39. The zero-order chi connectivity index (χ0) is 12.6. The number of hydrogen-bond acceptors (Lipinski definition) is 3. The van der Waals surface area contributed by atoms with Gasteiger partial charge in [0, 0.05) is 0 Å². The number of methoxy groups -OCH3 is 1. The Kier molecular flexibility index (Phi) is 2.86. The van der Waals surface area contributed by atoms with Crippen molar-refractivity contribution in [1.82, 2.24) is 0 Å². The van der Waals surface area contributed by atoms with E-state index in [2.05, 4.69) is 24.3 Å². The van der Waals surface area contributed by atoms with E-state index in [4.69, 9.17) is 9.47 Å². The van der Waals surface area contributed by atoms with E-state index >= 15 is 0 Å². The van der Waals surface area contributed by atoms with Crippen molar-refractivity contribution in [3.8, 4) is 0 Å². The van der Waals surface area contributed by atoms with E-state index in [-0.39, 0.29) is 12.1 Å². The van der Waals surface area contributed by atoms with Crippen molar-refractivity contribution in [3.63, 3.8) is 0 Å². The standard InChI is InChI=1S/C15H18O3/c1-17-14(16)15-8-7-13(18-15)9-12(10-15)11-5-3-2-4-6-11/h2-6,12-13H,7-10H2,1H3/t12-,13?,15?/m0/s1. The summed E-state index contributed by atoms with van der Waals surface area (Å²) in [5, 5.41) is 0. The van der Waals surface area contributed by atoms with Crippen LogP contribution in [0.3, 0.4) is 0 Å². The van der Waals surface area contributed by atoms with Crippen LogP contribution in [0.2, 0.25) is 0 Å². The van der Waals surface area contributed by atoms with E-state index in [1.807, 2.05) is 6.07 Å². The molecule has 1 aromatic carbocycles. The highest BCUT2D eigenvalue weighted by atomic mass is 16.6. The third-order valence-electron chi connectivity index (χ3n) is 4.21. The Morgan fingerprint density at radius 1 is 1.39 bits per heavy atom. The summed E-state index contributed by atoms with van der Waals surface area (Å²) < 4.78 is 10.8. The highest BCUT2D eigenvalue weighted by Gasteiger charge is 2.52. The molecule has 96 valence electrons. The van der Waals surface area contributed by atoms with Crippen molar-refractivity contribution in [1.29, 1.82) is 0 Å². The summed E-state index contributed by atoms with van der Waals surface area (Å²) >= 11 is 0. The average Bonchev–Trinajstić information content (AvgIpc) is 2.75. The fourth-order valence-electron chi connectivity index (χ4n) is 3.34. The van der Waals surface area contributed by atoms with E-state index in [1.165, 1.54) is 12.7 Å². The predicted octanol–water partition coefficient (Wildman–Crippen LogP) is 2.65. The molecule has 0 amide bonds. The fraction of sp³-hybridized carbons (Fsp3) is 0.533. The van der Waals surface area contributed by atoms with Gasteiger partial charge >= 0.3 is 5.97 Å². The van der Waals surface area contributed by atoms with E-state index in [1.54, 1.807) is 0 Å². The zero-order valence-corrected chi connectivity index (χ0v) is 10.6. The summed E-state index contributed by atoms with van der Waals surface area (Å²) in [6.07, 6.45) is 3.75. The molecule has 18 heavy (non-hydrogen) atoms. The monoisotopic (exact) mass is 246 g/mol. The maximum Gasteiger partial charge on any atom is 0.338 e. The highest BCUT2D eigenvalue weighted by Crippen LogP contribution is 2.48. The van der Waals surface area contributed by atoms with Crippen LogP contribution in [0.1, 0.15) is 37.2 Å².